The van der Waals surface area contributed by atoms with Gasteiger partial charge in [0, 0.05) is 4.83 Å². The first-order valence-corrected chi connectivity index (χ1v) is 6.75. The zero-order valence-electron chi connectivity index (χ0n) is 9.96. The van der Waals surface area contributed by atoms with Crippen LogP contribution in [0.5, 0.6) is 0 Å². The van der Waals surface area contributed by atoms with E-state index in [9.17, 15) is 0 Å². The van der Waals surface area contributed by atoms with Gasteiger partial charge in [0.05, 0.1) is 0 Å². The van der Waals surface area contributed by atoms with Gasteiger partial charge in [-0.3, -0.25) is 0 Å². The second kappa shape index (κ2) is 6.32. The molecule has 0 aromatic heterocycles. The Morgan fingerprint density at radius 1 is 1.00 bits per heavy atom. The maximum absolute atomic E-state index is 3.67. The van der Waals surface area contributed by atoms with Crippen LogP contribution in [0.15, 0.2) is 24.3 Å². The summed E-state index contributed by atoms with van der Waals surface area (Å²) >= 11 is 3.67. The molecule has 1 heteroatoms. The van der Waals surface area contributed by atoms with Crippen molar-refractivity contribution in [2.45, 2.75) is 44.9 Å². The summed E-state index contributed by atoms with van der Waals surface area (Å²) in [4.78, 5) is 0.619. The summed E-state index contributed by atoms with van der Waals surface area (Å²) in [6, 6.07) is 9.07. The Kier molecular flexibility index (Phi) is 5.38. The van der Waals surface area contributed by atoms with Gasteiger partial charge in [0.1, 0.15) is 0 Å². The predicted octanol–water partition coefficient (Wildman–Crippen LogP) is 4.60. The van der Waals surface area contributed by atoms with Gasteiger partial charge in [0.2, 0.25) is 0 Å². The summed E-state index contributed by atoms with van der Waals surface area (Å²) in [7, 11) is 0. The lowest BCUT2D eigenvalue weighted by Crippen LogP contribution is -2.01. The van der Waals surface area contributed by atoms with Crippen LogP contribution in [0.25, 0.3) is 0 Å². The fourth-order valence-corrected chi connectivity index (χ4v) is 2.06. The number of rotatable bonds is 5. The predicted molar refractivity (Wildman–Crippen MR) is 71.7 cm³/mol. The molecule has 15 heavy (non-hydrogen) atoms. The van der Waals surface area contributed by atoms with Gasteiger partial charge in [-0.1, -0.05) is 61.0 Å². The van der Waals surface area contributed by atoms with Crippen LogP contribution in [0.4, 0.5) is 0 Å². The van der Waals surface area contributed by atoms with Crippen LogP contribution in [0, 0.1) is 5.92 Å². The standard InChI is InChI=1S/C14H21Br/c1-4-14(15)10-13-7-5-12(6-8-13)9-11(2)3/h5-8,11,14H,4,9-10H2,1-3H3. The molecule has 0 fully saturated rings. The molecular formula is C14H21Br. The summed E-state index contributed by atoms with van der Waals surface area (Å²) in [5.74, 6) is 0.746. The molecule has 0 saturated heterocycles. The lowest BCUT2D eigenvalue weighted by Gasteiger charge is -2.09. The molecule has 1 unspecified atom stereocenters. The first-order valence-electron chi connectivity index (χ1n) is 5.83. The fourth-order valence-electron chi connectivity index (χ4n) is 1.68. The first-order chi connectivity index (χ1) is 7.11. The summed E-state index contributed by atoms with van der Waals surface area (Å²) in [6.07, 6.45) is 3.51. The van der Waals surface area contributed by atoms with Crippen LogP contribution in [0.1, 0.15) is 38.3 Å². The Labute approximate surface area is 102 Å². The highest BCUT2D eigenvalue weighted by atomic mass is 79.9. The lowest BCUT2D eigenvalue weighted by molar-refractivity contribution is 0.647. The van der Waals surface area contributed by atoms with E-state index in [2.05, 4.69) is 61.0 Å². The van der Waals surface area contributed by atoms with E-state index in [1.54, 1.807) is 0 Å². The largest absolute Gasteiger partial charge is 0.0887 e. The molecule has 1 aromatic rings. The van der Waals surface area contributed by atoms with Crippen molar-refractivity contribution < 1.29 is 0 Å². The third-order valence-electron chi connectivity index (χ3n) is 2.57. The van der Waals surface area contributed by atoms with Crippen LogP contribution in [0.3, 0.4) is 0 Å². The number of hydrogen-bond acceptors (Lipinski definition) is 0. The molecule has 0 N–H and O–H groups in total. The van der Waals surface area contributed by atoms with Gasteiger partial charge in [0.15, 0.2) is 0 Å². The van der Waals surface area contributed by atoms with E-state index in [1.165, 1.54) is 24.0 Å². The molecule has 0 aliphatic carbocycles. The molecule has 0 saturated carbocycles. The highest BCUT2D eigenvalue weighted by Gasteiger charge is 2.03. The molecule has 0 heterocycles. The summed E-state index contributed by atoms with van der Waals surface area (Å²) in [6.45, 7) is 6.74. The average Bonchev–Trinajstić information content (AvgIpc) is 2.20. The van der Waals surface area contributed by atoms with Crippen molar-refractivity contribution in [3.8, 4) is 0 Å². The molecule has 0 radical (unpaired) electrons. The van der Waals surface area contributed by atoms with Crippen molar-refractivity contribution >= 4 is 15.9 Å². The van der Waals surface area contributed by atoms with Crippen molar-refractivity contribution in [3.63, 3.8) is 0 Å². The van der Waals surface area contributed by atoms with E-state index in [4.69, 9.17) is 0 Å². The summed E-state index contributed by atoms with van der Waals surface area (Å²) in [5.41, 5.74) is 2.89. The Morgan fingerprint density at radius 3 is 1.87 bits per heavy atom. The van der Waals surface area contributed by atoms with E-state index in [-0.39, 0.29) is 0 Å². The van der Waals surface area contributed by atoms with Crippen LogP contribution >= 0.6 is 15.9 Å². The SMILES string of the molecule is CCC(Br)Cc1ccc(CC(C)C)cc1. The van der Waals surface area contributed by atoms with Crippen molar-refractivity contribution in [1.82, 2.24) is 0 Å². The topological polar surface area (TPSA) is 0 Å². The van der Waals surface area contributed by atoms with Crippen molar-refractivity contribution in [1.29, 1.82) is 0 Å². The van der Waals surface area contributed by atoms with Gasteiger partial charge < -0.3 is 0 Å². The molecule has 0 aliphatic rings. The molecule has 1 aromatic carbocycles. The Hall–Kier alpha value is -0.300. The highest BCUT2D eigenvalue weighted by Crippen LogP contribution is 2.15. The van der Waals surface area contributed by atoms with E-state index in [1.807, 2.05) is 0 Å². The van der Waals surface area contributed by atoms with E-state index >= 15 is 0 Å². The number of hydrogen-bond donors (Lipinski definition) is 0. The summed E-state index contributed by atoms with van der Waals surface area (Å²) in [5, 5.41) is 0. The number of alkyl halides is 1. The lowest BCUT2D eigenvalue weighted by atomic mass is 10.0. The van der Waals surface area contributed by atoms with Crippen LogP contribution in [-0.2, 0) is 12.8 Å². The second-order valence-corrected chi connectivity index (χ2v) is 5.92. The normalized spacial score (nSPS) is 13.1. The molecule has 0 spiro atoms. The average molecular weight is 269 g/mol. The minimum atomic E-state index is 0.619. The smallest absolute Gasteiger partial charge is 0.0183 e. The monoisotopic (exact) mass is 268 g/mol. The molecule has 1 rings (SSSR count). The first kappa shape index (κ1) is 12.8. The van der Waals surface area contributed by atoms with Gasteiger partial charge in [0.25, 0.3) is 0 Å². The third-order valence-corrected chi connectivity index (χ3v) is 3.54. The Bertz CT molecular complexity index is 274. The van der Waals surface area contributed by atoms with Gasteiger partial charge in [-0.15, -0.1) is 0 Å². The molecule has 1 atom stereocenters. The van der Waals surface area contributed by atoms with E-state index < -0.39 is 0 Å². The minimum Gasteiger partial charge on any atom is -0.0887 e. The number of halogens is 1. The minimum absolute atomic E-state index is 0.619. The van der Waals surface area contributed by atoms with Crippen molar-refractivity contribution in [3.05, 3.63) is 35.4 Å². The molecule has 0 bridgehead atoms. The third kappa shape index (κ3) is 4.83. The molecular weight excluding hydrogens is 248 g/mol. The van der Waals surface area contributed by atoms with Crippen LogP contribution < -0.4 is 0 Å². The van der Waals surface area contributed by atoms with Crippen LogP contribution in [-0.4, -0.2) is 4.83 Å². The zero-order chi connectivity index (χ0) is 11.3. The molecule has 84 valence electrons. The Balaban J connectivity index is 2.56. The summed E-state index contributed by atoms with van der Waals surface area (Å²) < 4.78 is 0. The van der Waals surface area contributed by atoms with Gasteiger partial charge in [-0.2, -0.15) is 0 Å². The van der Waals surface area contributed by atoms with Gasteiger partial charge in [-0.05, 0) is 36.3 Å². The van der Waals surface area contributed by atoms with Gasteiger partial charge in [-0.25, -0.2) is 0 Å². The van der Waals surface area contributed by atoms with Gasteiger partial charge >= 0.3 is 0 Å². The molecule has 0 aliphatic heterocycles. The quantitative estimate of drug-likeness (QED) is 0.685. The second-order valence-electron chi connectivity index (χ2n) is 4.62. The highest BCUT2D eigenvalue weighted by molar-refractivity contribution is 9.09. The maximum atomic E-state index is 3.67. The number of benzene rings is 1. The fraction of sp³-hybridized carbons (Fsp3) is 0.571. The van der Waals surface area contributed by atoms with Crippen LogP contribution in [0.2, 0.25) is 0 Å². The van der Waals surface area contributed by atoms with Crippen molar-refractivity contribution in [2.24, 2.45) is 5.92 Å². The molecule has 0 nitrogen and oxygen atoms in total. The van der Waals surface area contributed by atoms with E-state index in [0.29, 0.717) is 4.83 Å². The maximum Gasteiger partial charge on any atom is 0.0183 e. The van der Waals surface area contributed by atoms with E-state index in [0.717, 1.165) is 12.3 Å². The van der Waals surface area contributed by atoms with Crippen molar-refractivity contribution in [2.75, 3.05) is 0 Å². The molecule has 0 amide bonds. The zero-order valence-corrected chi connectivity index (χ0v) is 11.5. The Morgan fingerprint density at radius 2 is 1.47 bits per heavy atom.